The Balaban J connectivity index is 2.00. The van der Waals surface area contributed by atoms with Crippen LogP contribution in [0.3, 0.4) is 0 Å². The first-order valence-electron chi connectivity index (χ1n) is 5.99. The molecule has 0 aliphatic heterocycles. The van der Waals surface area contributed by atoms with Crippen LogP contribution in [-0.4, -0.2) is 10.1 Å². The molecule has 0 amide bonds. The third-order valence-corrected chi connectivity index (χ3v) is 4.47. The molecule has 1 aromatic heterocycles. The molecule has 4 nitrogen and oxygen atoms in total. The van der Waals surface area contributed by atoms with Crippen molar-refractivity contribution >= 4 is 15.9 Å². The van der Waals surface area contributed by atoms with Crippen LogP contribution in [0.2, 0.25) is 0 Å². The lowest BCUT2D eigenvalue weighted by Gasteiger charge is -2.34. The topological polar surface area (TPSA) is 64.9 Å². The molecule has 0 unspecified atom stereocenters. The van der Waals surface area contributed by atoms with Gasteiger partial charge in [-0.25, -0.2) is 0 Å². The average Bonchev–Trinajstić information content (AvgIpc) is 2.79. The second-order valence-electron chi connectivity index (χ2n) is 4.85. The van der Waals surface area contributed by atoms with Gasteiger partial charge in [0.05, 0.1) is 5.54 Å². The number of hydrogen-bond acceptors (Lipinski definition) is 4. The number of hydrogen-bond donors (Lipinski definition) is 1. The molecule has 1 saturated carbocycles. The Morgan fingerprint density at radius 2 is 2.17 bits per heavy atom. The number of halogens is 1. The molecule has 0 atom stereocenters. The number of aromatic nitrogens is 2. The SMILES string of the molecule is Cc1c(Br)cccc1-c1nc(C2(N)CCC2)no1. The summed E-state index contributed by atoms with van der Waals surface area (Å²) in [6, 6.07) is 5.92. The highest BCUT2D eigenvalue weighted by Gasteiger charge is 2.39. The molecule has 1 heterocycles. The van der Waals surface area contributed by atoms with E-state index in [2.05, 4.69) is 26.1 Å². The molecular weight excluding hydrogens is 294 g/mol. The summed E-state index contributed by atoms with van der Waals surface area (Å²) in [6.45, 7) is 2.02. The molecule has 2 N–H and O–H groups in total. The summed E-state index contributed by atoms with van der Waals surface area (Å²) in [5.41, 5.74) is 7.86. The highest BCUT2D eigenvalue weighted by molar-refractivity contribution is 9.10. The Kier molecular flexibility index (Phi) is 2.75. The first-order valence-corrected chi connectivity index (χ1v) is 6.78. The average molecular weight is 308 g/mol. The van der Waals surface area contributed by atoms with E-state index < -0.39 is 0 Å². The minimum absolute atomic E-state index is 0.373. The van der Waals surface area contributed by atoms with Crippen molar-refractivity contribution in [2.45, 2.75) is 31.7 Å². The van der Waals surface area contributed by atoms with Gasteiger partial charge in [0.25, 0.3) is 5.89 Å². The second-order valence-corrected chi connectivity index (χ2v) is 5.70. The van der Waals surface area contributed by atoms with Crippen molar-refractivity contribution in [1.29, 1.82) is 0 Å². The van der Waals surface area contributed by atoms with E-state index in [-0.39, 0.29) is 5.54 Å². The molecule has 94 valence electrons. The fourth-order valence-electron chi connectivity index (χ4n) is 2.16. The zero-order valence-corrected chi connectivity index (χ0v) is 11.7. The van der Waals surface area contributed by atoms with Crippen LogP contribution in [0.15, 0.2) is 27.2 Å². The van der Waals surface area contributed by atoms with Gasteiger partial charge in [0, 0.05) is 10.0 Å². The monoisotopic (exact) mass is 307 g/mol. The van der Waals surface area contributed by atoms with Crippen LogP contribution in [0.5, 0.6) is 0 Å². The van der Waals surface area contributed by atoms with Gasteiger partial charge in [-0.3, -0.25) is 0 Å². The molecule has 2 aromatic rings. The summed E-state index contributed by atoms with van der Waals surface area (Å²) >= 11 is 3.50. The Bertz CT molecular complexity index is 590. The molecule has 1 fully saturated rings. The molecule has 18 heavy (non-hydrogen) atoms. The summed E-state index contributed by atoms with van der Waals surface area (Å²) in [5, 5.41) is 4.03. The summed E-state index contributed by atoms with van der Waals surface area (Å²) in [7, 11) is 0. The van der Waals surface area contributed by atoms with Crippen molar-refractivity contribution in [3.63, 3.8) is 0 Å². The standard InChI is InChI=1S/C13H14BrN3O/c1-8-9(4-2-5-10(8)14)11-16-12(17-18-11)13(15)6-3-7-13/h2,4-5H,3,6-7,15H2,1H3. The van der Waals surface area contributed by atoms with E-state index in [1.165, 1.54) is 0 Å². The van der Waals surface area contributed by atoms with Gasteiger partial charge in [0.1, 0.15) is 0 Å². The van der Waals surface area contributed by atoms with Gasteiger partial charge in [-0.05, 0) is 43.9 Å². The van der Waals surface area contributed by atoms with E-state index in [4.69, 9.17) is 10.3 Å². The lowest BCUT2D eigenvalue weighted by molar-refractivity contribution is 0.229. The molecular formula is C13H14BrN3O. The summed E-state index contributed by atoms with van der Waals surface area (Å²) in [4.78, 5) is 4.45. The third kappa shape index (κ3) is 1.78. The Labute approximate surface area is 114 Å². The molecule has 0 radical (unpaired) electrons. The first kappa shape index (κ1) is 11.9. The quantitative estimate of drug-likeness (QED) is 0.925. The molecule has 0 spiro atoms. The van der Waals surface area contributed by atoms with Crippen LogP contribution in [-0.2, 0) is 5.54 Å². The fraction of sp³-hybridized carbons (Fsp3) is 0.385. The Morgan fingerprint density at radius 3 is 2.83 bits per heavy atom. The molecule has 1 aliphatic rings. The van der Waals surface area contributed by atoms with Gasteiger partial charge in [-0.1, -0.05) is 27.2 Å². The maximum absolute atomic E-state index is 6.19. The molecule has 0 saturated heterocycles. The summed E-state index contributed by atoms with van der Waals surface area (Å²) in [5.74, 6) is 1.17. The predicted molar refractivity (Wildman–Crippen MR) is 71.9 cm³/mol. The lowest BCUT2D eigenvalue weighted by atomic mass is 9.77. The molecule has 1 aliphatic carbocycles. The summed E-state index contributed by atoms with van der Waals surface area (Å²) in [6.07, 6.45) is 3.00. The maximum Gasteiger partial charge on any atom is 0.258 e. The van der Waals surface area contributed by atoms with E-state index in [0.717, 1.165) is 34.9 Å². The number of benzene rings is 1. The van der Waals surface area contributed by atoms with Gasteiger partial charge >= 0.3 is 0 Å². The van der Waals surface area contributed by atoms with Crippen molar-refractivity contribution in [2.75, 3.05) is 0 Å². The van der Waals surface area contributed by atoms with Crippen molar-refractivity contribution in [3.05, 3.63) is 34.1 Å². The maximum atomic E-state index is 6.19. The van der Waals surface area contributed by atoms with Gasteiger partial charge in [0.2, 0.25) is 0 Å². The fourth-order valence-corrected chi connectivity index (χ4v) is 2.52. The van der Waals surface area contributed by atoms with E-state index in [1.807, 2.05) is 25.1 Å². The van der Waals surface area contributed by atoms with Gasteiger partial charge < -0.3 is 10.3 Å². The third-order valence-electron chi connectivity index (χ3n) is 3.62. The van der Waals surface area contributed by atoms with Crippen molar-refractivity contribution in [3.8, 4) is 11.5 Å². The molecule has 0 bridgehead atoms. The minimum Gasteiger partial charge on any atom is -0.334 e. The van der Waals surface area contributed by atoms with Crippen molar-refractivity contribution in [1.82, 2.24) is 10.1 Å². The Hall–Kier alpha value is -1.20. The van der Waals surface area contributed by atoms with Crippen molar-refractivity contribution < 1.29 is 4.52 Å². The second kappa shape index (κ2) is 4.17. The summed E-state index contributed by atoms with van der Waals surface area (Å²) < 4.78 is 6.38. The number of nitrogens with zero attached hydrogens (tertiary/aromatic N) is 2. The van der Waals surface area contributed by atoms with E-state index in [9.17, 15) is 0 Å². The van der Waals surface area contributed by atoms with Gasteiger partial charge in [0.15, 0.2) is 5.82 Å². The normalized spacial score (nSPS) is 17.5. The van der Waals surface area contributed by atoms with Crippen LogP contribution in [0.1, 0.15) is 30.7 Å². The number of rotatable bonds is 2. The number of nitrogens with two attached hydrogens (primary N) is 1. The van der Waals surface area contributed by atoms with Crippen LogP contribution in [0, 0.1) is 6.92 Å². The Morgan fingerprint density at radius 1 is 1.39 bits per heavy atom. The zero-order valence-electron chi connectivity index (χ0n) is 10.1. The van der Waals surface area contributed by atoms with Crippen LogP contribution < -0.4 is 5.73 Å². The smallest absolute Gasteiger partial charge is 0.258 e. The largest absolute Gasteiger partial charge is 0.334 e. The lowest BCUT2D eigenvalue weighted by Crippen LogP contribution is -2.44. The van der Waals surface area contributed by atoms with E-state index >= 15 is 0 Å². The van der Waals surface area contributed by atoms with Gasteiger partial charge in [-0.15, -0.1) is 0 Å². The molecule has 5 heteroatoms. The van der Waals surface area contributed by atoms with Crippen LogP contribution in [0.4, 0.5) is 0 Å². The van der Waals surface area contributed by atoms with Crippen LogP contribution in [0.25, 0.3) is 11.5 Å². The highest BCUT2D eigenvalue weighted by Crippen LogP contribution is 2.38. The molecule has 1 aromatic carbocycles. The molecule has 3 rings (SSSR count). The van der Waals surface area contributed by atoms with Gasteiger partial charge in [-0.2, -0.15) is 4.98 Å². The highest BCUT2D eigenvalue weighted by atomic mass is 79.9. The predicted octanol–water partition coefficient (Wildman–Crippen LogP) is 3.15. The first-order chi connectivity index (χ1) is 8.60. The minimum atomic E-state index is -0.373. The zero-order chi connectivity index (χ0) is 12.8. The van der Waals surface area contributed by atoms with E-state index in [1.54, 1.807) is 0 Å². The van der Waals surface area contributed by atoms with Crippen LogP contribution >= 0.6 is 15.9 Å². The van der Waals surface area contributed by atoms with E-state index in [0.29, 0.717) is 11.7 Å². The van der Waals surface area contributed by atoms with Crippen molar-refractivity contribution in [2.24, 2.45) is 5.73 Å².